The molecule has 1 heterocycles. The standard InChI is InChI=1S/C16H16O2/c1-16(2)8-7-14(17)12(9-16)13-10-18-15-6-4-3-5-11(13)15/h3-6,9-10H,7-8H2,1-2H3. The number of para-hydroxylation sites is 1. The molecule has 2 nitrogen and oxygen atoms in total. The predicted molar refractivity (Wildman–Crippen MR) is 72.2 cm³/mol. The van der Waals surface area contributed by atoms with Crippen LogP contribution in [0.4, 0.5) is 0 Å². The summed E-state index contributed by atoms with van der Waals surface area (Å²) in [6.07, 6.45) is 5.34. The van der Waals surface area contributed by atoms with Gasteiger partial charge in [-0.2, -0.15) is 0 Å². The van der Waals surface area contributed by atoms with E-state index in [2.05, 4.69) is 19.9 Å². The number of ketones is 1. The first-order valence-electron chi connectivity index (χ1n) is 6.29. The van der Waals surface area contributed by atoms with Crippen molar-refractivity contribution in [2.75, 3.05) is 0 Å². The fraction of sp³-hybridized carbons (Fsp3) is 0.312. The van der Waals surface area contributed by atoms with Crippen molar-refractivity contribution >= 4 is 22.3 Å². The van der Waals surface area contributed by atoms with Crippen LogP contribution in [0.25, 0.3) is 16.5 Å². The summed E-state index contributed by atoms with van der Waals surface area (Å²) in [5, 5.41) is 1.02. The number of benzene rings is 1. The maximum atomic E-state index is 12.1. The maximum absolute atomic E-state index is 12.1. The second-order valence-electron chi connectivity index (χ2n) is 5.62. The van der Waals surface area contributed by atoms with E-state index in [-0.39, 0.29) is 11.2 Å². The van der Waals surface area contributed by atoms with Gasteiger partial charge in [-0.15, -0.1) is 0 Å². The molecular weight excluding hydrogens is 224 g/mol. The van der Waals surface area contributed by atoms with E-state index in [9.17, 15) is 4.79 Å². The lowest BCUT2D eigenvalue weighted by Crippen LogP contribution is -2.19. The van der Waals surface area contributed by atoms with Crippen LogP contribution in [0.5, 0.6) is 0 Å². The third kappa shape index (κ3) is 1.78. The zero-order valence-corrected chi connectivity index (χ0v) is 10.7. The first-order chi connectivity index (χ1) is 8.57. The van der Waals surface area contributed by atoms with Crippen LogP contribution < -0.4 is 0 Å². The highest BCUT2D eigenvalue weighted by atomic mass is 16.3. The smallest absolute Gasteiger partial charge is 0.163 e. The molecule has 18 heavy (non-hydrogen) atoms. The van der Waals surface area contributed by atoms with Gasteiger partial charge < -0.3 is 4.42 Å². The minimum Gasteiger partial charge on any atom is -0.464 e. The first-order valence-corrected chi connectivity index (χ1v) is 6.29. The van der Waals surface area contributed by atoms with Crippen molar-refractivity contribution in [3.63, 3.8) is 0 Å². The number of Topliss-reactive ketones (excluding diaryl/α,β-unsaturated/α-hetero) is 1. The van der Waals surface area contributed by atoms with Crippen molar-refractivity contribution < 1.29 is 9.21 Å². The van der Waals surface area contributed by atoms with Crippen LogP contribution >= 0.6 is 0 Å². The molecule has 0 saturated heterocycles. The number of hydrogen-bond acceptors (Lipinski definition) is 2. The molecule has 0 saturated carbocycles. The largest absolute Gasteiger partial charge is 0.464 e. The first kappa shape index (κ1) is 11.3. The fourth-order valence-corrected chi connectivity index (χ4v) is 2.53. The Morgan fingerprint density at radius 3 is 2.83 bits per heavy atom. The summed E-state index contributed by atoms with van der Waals surface area (Å²) in [7, 11) is 0. The lowest BCUT2D eigenvalue weighted by atomic mass is 9.77. The second kappa shape index (κ2) is 3.84. The van der Waals surface area contributed by atoms with E-state index in [1.54, 1.807) is 6.26 Å². The molecule has 1 aliphatic rings. The maximum Gasteiger partial charge on any atom is 0.163 e. The summed E-state index contributed by atoms with van der Waals surface area (Å²) in [4.78, 5) is 12.1. The van der Waals surface area contributed by atoms with E-state index in [1.807, 2.05) is 24.3 Å². The Balaban J connectivity index is 2.19. The Hall–Kier alpha value is -1.83. The third-order valence-electron chi connectivity index (χ3n) is 3.60. The van der Waals surface area contributed by atoms with Crippen molar-refractivity contribution in [1.29, 1.82) is 0 Å². The van der Waals surface area contributed by atoms with E-state index in [4.69, 9.17) is 4.42 Å². The molecule has 0 radical (unpaired) electrons. The van der Waals surface area contributed by atoms with E-state index < -0.39 is 0 Å². The van der Waals surface area contributed by atoms with Gasteiger partial charge >= 0.3 is 0 Å². The van der Waals surface area contributed by atoms with Crippen molar-refractivity contribution in [3.05, 3.63) is 42.2 Å². The monoisotopic (exact) mass is 240 g/mol. The highest BCUT2D eigenvalue weighted by Crippen LogP contribution is 2.38. The number of allylic oxidation sites excluding steroid dienone is 2. The molecule has 1 aromatic heterocycles. The lowest BCUT2D eigenvalue weighted by Gasteiger charge is -2.26. The van der Waals surface area contributed by atoms with Crippen LogP contribution in [-0.4, -0.2) is 5.78 Å². The van der Waals surface area contributed by atoms with E-state index in [1.165, 1.54) is 0 Å². The molecule has 0 atom stereocenters. The number of rotatable bonds is 1. The highest BCUT2D eigenvalue weighted by molar-refractivity contribution is 6.24. The molecule has 0 amide bonds. The molecule has 1 aromatic carbocycles. The van der Waals surface area contributed by atoms with Gasteiger partial charge in [0.05, 0.1) is 6.26 Å². The van der Waals surface area contributed by atoms with Gasteiger partial charge in [-0.1, -0.05) is 38.1 Å². The number of carbonyl (C=O) groups excluding carboxylic acids is 1. The van der Waals surface area contributed by atoms with Crippen LogP contribution in [0, 0.1) is 5.41 Å². The van der Waals surface area contributed by atoms with Gasteiger partial charge in [0, 0.05) is 22.9 Å². The number of carbonyl (C=O) groups is 1. The zero-order chi connectivity index (χ0) is 12.8. The second-order valence-corrected chi connectivity index (χ2v) is 5.62. The summed E-state index contributed by atoms with van der Waals surface area (Å²) in [6.45, 7) is 4.34. The van der Waals surface area contributed by atoms with Gasteiger partial charge in [0.15, 0.2) is 5.78 Å². The van der Waals surface area contributed by atoms with Gasteiger partial charge in [0.25, 0.3) is 0 Å². The minimum absolute atomic E-state index is 0.0849. The lowest BCUT2D eigenvalue weighted by molar-refractivity contribution is -0.114. The predicted octanol–water partition coefficient (Wildman–Crippen LogP) is 4.21. The van der Waals surface area contributed by atoms with Gasteiger partial charge in [-0.3, -0.25) is 4.79 Å². The molecule has 2 heteroatoms. The normalized spacial score (nSPS) is 19.0. The molecule has 0 N–H and O–H groups in total. The molecule has 92 valence electrons. The summed E-state index contributed by atoms with van der Waals surface area (Å²) < 4.78 is 5.53. The average Bonchev–Trinajstić information content (AvgIpc) is 2.76. The molecule has 2 aromatic rings. The highest BCUT2D eigenvalue weighted by Gasteiger charge is 2.28. The average molecular weight is 240 g/mol. The van der Waals surface area contributed by atoms with E-state index in [0.29, 0.717) is 6.42 Å². The molecule has 3 rings (SSSR count). The van der Waals surface area contributed by atoms with Crippen LogP contribution in [0.3, 0.4) is 0 Å². The van der Waals surface area contributed by atoms with E-state index in [0.717, 1.165) is 28.5 Å². The molecule has 0 spiro atoms. The van der Waals surface area contributed by atoms with Crippen molar-refractivity contribution in [2.45, 2.75) is 26.7 Å². The summed E-state index contributed by atoms with van der Waals surface area (Å²) >= 11 is 0. The minimum atomic E-state index is 0.0849. The molecular formula is C16H16O2. The van der Waals surface area contributed by atoms with Gasteiger partial charge in [0.2, 0.25) is 0 Å². The summed E-state index contributed by atoms with van der Waals surface area (Å²) in [6, 6.07) is 7.85. The topological polar surface area (TPSA) is 30.2 Å². The third-order valence-corrected chi connectivity index (χ3v) is 3.60. The van der Waals surface area contributed by atoms with Crippen molar-refractivity contribution in [1.82, 2.24) is 0 Å². The Kier molecular flexibility index (Phi) is 2.40. The van der Waals surface area contributed by atoms with Crippen LogP contribution in [0.1, 0.15) is 32.3 Å². The van der Waals surface area contributed by atoms with Gasteiger partial charge in [0.1, 0.15) is 5.58 Å². The van der Waals surface area contributed by atoms with Gasteiger partial charge in [-0.05, 0) is 17.9 Å². The molecule has 0 bridgehead atoms. The Bertz CT molecular complexity index is 644. The van der Waals surface area contributed by atoms with Crippen molar-refractivity contribution in [2.24, 2.45) is 5.41 Å². The molecule has 0 unspecified atom stereocenters. The van der Waals surface area contributed by atoms with Gasteiger partial charge in [-0.25, -0.2) is 0 Å². The molecule has 1 aliphatic carbocycles. The number of furan rings is 1. The van der Waals surface area contributed by atoms with Crippen LogP contribution in [0.2, 0.25) is 0 Å². The van der Waals surface area contributed by atoms with Crippen LogP contribution in [-0.2, 0) is 4.79 Å². The SMILES string of the molecule is CC1(C)C=C(c2coc3ccccc23)C(=O)CC1. The van der Waals surface area contributed by atoms with Crippen LogP contribution in [0.15, 0.2) is 41.0 Å². The molecule has 0 fully saturated rings. The number of hydrogen-bond donors (Lipinski definition) is 0. The quantitative estimate of drug-likeness (QED) is 0.747. The van der Waals surface area contributed by atoms with E-state index >= 15 is 0 Å². The Morgan fingerprint density at radius 1 is 1.22 bits per heavy atom. The zero-order valence-electron chi connectivity index (χ0n) is 10.7. The Morgan fingerprint density at radius 2 is 2.00 bits per heavy atom. The Labute approximate surface area is 106 Å². The summed E-state index contributed by atoms with van der Waals surface area (Å²) in [5.41, 5.74) is 2.67. The summed E-state index contributed by atoms with van der Waals surface area (Å²) in [5.74, 6) is 0.223. The fourth-order valence-electron chi connectivity index (χ4n) is 2.53. The molecule has 0 aliphatic heterocycles. The number of fused-ring (bicyclic) bond motifs is 1. The van der Waals surface area contributed by atoms with Crippen molar-refractivity contribution in [3.8, 4) is 0 Å².